The molecule has 2 rings (SSSR count). The Bertz CT molecular complexity index is 325. The van der Waals surface area contributed by atoms with Crippen LogP contribution >= 0.6 is 0 Å². The maximum absolute atomic E-state index is 12.8. The van der Waals surface area contributed by atoms with E-state index in [4.69, 9.17) is 4.74 Å². The summed E-state index contributed by atoms with van der Waals surface area (Å²) in [4.78, 5) is 0. The lowest BCUT2D eigenvalue weighted by Crippen LogP contribution is -2.16. The Kier molecular flexibility index (Phi) is 1.96. The Hall–Kier alpha value is -1.09. The van der Waals surface area contributed by atoms with Crippen molar-refractivity contribution in [3.05, 3.63) is 29.6 Å². The Morgan fingerprint density at radius 2 is 2.31 bits per heavy atom. The van der Waals surface area contributed by atoms with Gasteiger partial charge in [0.25, 0.3) is 0 Å². The van der Waals surface area contributed by atoms with E-state index < -0.39 is 6.10 Å². The number of hydrogen-bond donors (Lipinski definition) is 1. The van der Waals surface area contributed by atoms with Gasteiger partial charge in [-0.05, 0) is 24.6 Å². The third-order valence-corrected chi connectivity index (χ3v) is 2.32. The highest BCUT2D eigenvalue weighted by atomic mass is 19.1. The summed E-state index contributed by atoms with van der Waals surface area (Å²) in [5, 5.41) is 9.67. The van der Waals surface area contributed by atoms with Crippen molar-refractivity contribution in [1.29, 1.82) is 0 Å². The Balaban J connectivity index is 2.39. The number of rotatable bonds is 1. The third-order valence-electron chi connectivity index (χ3n) is 2.32. The van der Waals surface area contributed by atoms with Crippen LogP contribution in [0.3, 0.4) is 0 Å². The van der Waals surface area contributed by atoms with E-state index in [2.05, 4.69) is 0 Å². The maximum atomic E-state index is 12.8. The molecule has 0 spiro atoms. The van der Waals surface area contributed by atoms with Crippen LogP contribution in [0, 0.1) is 5.82 Å². The number of benzene rings is 1. The van der Waals surface area contributed by atoms with Gasteiger partial charge in [0.15, 0.2) is 0 Å². The quantitative estimate of drug-likeness (QED) is 0.720. The van der Waals surface area contributed by atoms with Crippen molar-refractivity contribution in [3.63, 3.8) is 0 Å². The second-order valence-corrected chi connectivity index (χ2v) is 3.19. The van der Waals surface area contributed by atoms with E-state index >= 15 is 0 Å². The molecule has 0 saturated carbocycles. The molecule has 0 amide bonds. The first kappa shape index (κ1) is 8.51. The fraction of sp³-hybridized carbons (Fsp3) is 0.400. The van der Waals surface area contributed by atoms with E-state index in [-0.39, 0.29) is 11.9 Å². The summed E-state index contributed by atoms with van der Waals surface area (Å²) in [5.74, 6) is 0.263. The van der Waals surface area contributed by atoms with Crippen LogP contribution in [0.5, 0.6) is 5.75 Å². The second kappa shape index (κ2) is 3.00. The molecule has 0 aliphatic carbocycles. The summed E-state index contributed by atoms with van der Waals surface area (Å²) >= 11 is 0. The zero-order valence-electron chi connectivity index (χ0n) is 7.33. The molecule has 1 aliphatic heterocycles. The highest BCUT2D eigenvalue weighted by molar-refractivity contribution is 5.39. The van der Waals surface area contributed by atoms with Crippen LogP contribution in [-0.4, -0.2) is 11.2 Å². The largest absolute Gasteiger partial charge is 0.487 e. The molecular weight excluding hydrogens is 171 g/mol. The van der Waals surface area contributed by atoms with Gasteiger partial charge in [0.2, 0.25) is 0 Å². The predicted molar refractivity (Wildman–Crippen MR) is 46.1 cm³/mol. The zero-order valence-corrected chi connectivity index (χ0v) is 7.33. The summed E-state index contributed by atoms with van der Waals surface area (Å²) in [6.07, 6.45) is -0.190. The third kappa shape index (κ3) is 1.29. The topological polar surface area (TPSA) is 29.5 Å². The van der Waals surface area contributed by atoms with Gasteiger partial charge in [0, 0.05) is 5.56 Å². The molecule has 0 fully saturated rings. The van der Waals surface area contributed by atoms with Crippen LogP contribution in [0.25, 0.3) is 0 Å². The summed E-state index contributed by atoms with van der Waals surface area (Å²) in [7, 11) is 0. The van der Waals surface area contributed by atoms with E-state index in [1.54, 1.807) is 6.07 Å². The van der Waals surface area contributed by atoms with Crippen LogP contribution < -0.4 is 4.74 Å². The van der Waals surface area contributed by atoms with Crippen molar-refractivity contribution in [2.75, 3.05) is 0 Å². The number of aliphatic hydroxyl groups excluding tert-OH is 1. The summed E-state index contributed by atoms with van der Waals surface area (Å²) in [6.45, 7) is 1.93. The number of hydrogen-bond acceptors (Lipinski definition) is 2. The van der Waals surface area contributed by atoms with Crippen molar-refractivity contribution >= 4 is 0 Å². The molecule has 1 aromatic rings. The first-order valence-electron chi connectivity index (χ1n) is 4.36. The highest BCUT2D eigenvalue weighted by Gasteiger charge is 2.31. The van der Waals surface area contributed by atoms with Gasteiger partial charge in [0.1, 0.15) is 23.8 Å². The lowest BCUT2D eigenvalue weighted by Gasteiger charge is -2.10. The molecule has 0 saturated heterocycles. The van der Waals surface area contributed by atoms with Crippen molar-refractivity contribution in [3.8, 4) is 5.75 Å². The molecule has 13 heavy (non-hydrogen) atoms. The fourth-order valence-electron chi connectivity index (χ4n) is 1.59. The molecule has 2 unspecified atom stereocenters. The van der Waals surface area contributed by atoms with E-state index in [9.17, 15) is 9.50 Å². The van der Waals surface area contributed by atoms with Gasteiger partial charge in [-0.25, -0.2) is 4.39 Å². The van der Waals surface area contributed by atoms with Gasteiger partial charge in [0.05, 0.1) is 0 Å². The van der Waals surface area contributed by atoms with Crippen molar-refractivity contribution in [2.45, 2.75) is 25.6 Å². The lowest BCUT2D eigenvalue weighted by molar-refractivity contribution is 0.0653. The van der Waals surface area contributed by atoms with Crippen LogP contribution in [0.15, 0.2) is 18.2 Å². The fourth-order valence-corrected chi connectivity index (χ4v) is 1.59. The van der Waals surface area contributed by atoms with Crippen LogP contribution in [0.4, 0.5) is 4.39 Å². The molecule has 1 aromatic carbocycles. The van der Waals surface area contributed by atoms with E-state index in [1.165, 1.54) is 12.1 Å². The number of ether oxygens (including phenoxy) is 1. The Labute approximate surface area is 76.0 Å². The van der Waals surface area contributed by atoms with E-state index in [0.29, 0.717) is 11.3 Å². The monoisotopic (exact) mass is 182 g/mol. The Morgan fingerprint density at radius 3 is 3.00 bits per heavy atom. The minimum absolute atomic E-state index is 0.225. The number of halogens is 1. The number of fused-ring (bicyclic) bond motifs is 1. The molecule has 2 atom stereocenters. The van der Waals surface area contributed by atoms with Gasteiger partial charge in [-0.15, -0.1) is 0 Å². The van der Waals surface area contributed by atoms with E-state index in [0.717, 1.165) is 6.42 Å². The average molecular weight is 182 g/mol. The molecule has 2 nitrogen and oxygen atoms in total. The predicted octanol–water partition coefficient (Wildman–Crippen LogP) is 2.03. The molecule has 0 radical (unpaired) electrons. The smallest absolute Gasteiger partial charge is 0.129 e. The lowest BCUT2D eigenvalue weighted by atomic mass is 10.1. The zero-order chi connectivity index (χ0) is 9.42. The molecule has 70 valence electrons. The molecular formula is C10H11FO2. The van der Waals surface area contributed by atoms with Gasteiger partial charge < -0.3 is 9.84 Å². The van der Waals surface area contributed by atoms with E-state index in [1.807, 2.05) is 6.92 Å². The highest BCUT2D eigenvalue weighted by Crippen LogP contribution is 2.37. The summed E-state index contributed by atoms with van der Waals surface area (Å²) < 4.78 is 18.2. The second-order valence-electron chi connectivity index (χ2n) is 3.19. The minimum Gasteiger partial charge on any atom is -0.487 e. The van der Waals surface area contributed by atoms with Crippen LogP contribution in [0.1, 0.15) is 25.0 Å². The normalized spacial score (nSPS) is 25.5. The summed E-state index contributed by atoms with van der Waals surface area (Å²) in [5.41, 5.74) is 0.562. The molecule has 1 heterocycles. The molecule has 3 heteroatoms. The SMILES string of the molecule is CCC1Oc2ccc(F)cc2C1O. The molecule has 1 N–H and O–H groups in total. The average Bonchev–Trinajstić information content (AvgIpc) is 2.44. The first-order chi connectivity index (χ1) is 6.22. The van der Waals surface area contributed by atoms with Crippen molar-refractivity contribution in [1.82, 2.24) is 0 Å². The number of aliphatic hydroxyl groups is 1. The molecule has 0 bridgehead atoms. The van der Waals surface area contributed by atoms with Crippen LogP contribution in [-0.2, 0) is 0 Å². The van der Waals surface area contributed by atoms with Gasteiger partial charge in [-0.3, -0.25) is 0 Å². The summed E-state index contributed by atoms with van der Waals surface area (Å²) in [6, 6.07) is 4.22. The minimum atomic E-state index is -0.685. The van der Waals surface area contributed by atoms with Crippen molar-refractivity contribution in [2.24, 2.45) is 0 Å². The van der Waals surface area contributed by atoms with Crippen molar-refractivity contribution < 1.29 is 14.2 Å². The molecule has 1 aliphatic rings. The van der Waals surface area contributed by atoms with Crippen LogP contribution in [0.2, 0.25) is 0 Å². The van der Waals surface area contributed by atoms with Gasteiger partial charge in [-0.1, -0.05) is 6.92 Å². The standard InChI is InChI=1S/C10H11FO2/c1-2-8-10(12)7-5-6(11)3-4-9(7)13-8/h3-5,8,10,12H,2H2,1H3. The molecule has 0 aromatic heterocycles. The first-order valence-corrected chi connectivity index (χ1v) is 4.36. The maximum Gasteiger partial charge on any atom is 0.129 e. The van der Waals surface area contributed by atoms with Gasteiger partial charge >= 0.3 is 0 Å². The Morgan fingerprint density at radius 1 is 1.54 bits per heavy atom. The van der Waals surface area contributed by atoms with Gasteiger partial charge in [-0.2, -0.15) is 0 Å².